The molecule has 0 aromatic carbocycles. The lowest BCUT2D eigenvalue weighted by Gasteiger charge is -2.25. The van der Waals surface area contributed by atoms with E-state index < -0.39 is 72.6 Å². The number of carbonyl (C=O) groups excluding carboxylic acids is 4. The SMILES string of the molecule is CC(C)C(N)C(=O)NC(CC(N)=O)C(=O)NC(CCC(=O)O)C(=O)NC(CS)C(=O)O. The number of aliphatic carboxylic acids is 2. The third-order valence-electron chi connectivity index (χ3n) is 4.14. The van der Waals surface area contributed by atoms with Gasteiger partial charge >= 0.3 is 11.9 Å². The van der Waals surface area contributed by atoms with Crippen molar-refractivity contribution in [1.82, 2.24) is 16.0 Å². The first-order valence-electron chi connectivity index (χ1n) is 9.30. The second-order valence-corrected chi connectivity index (χ2v) is 7.44. The largest absolute Gasteiger partial charge is 0.481 e. The molecule has 13 nitrogen and oxygen atoms in total. The zero-order chi connectivity index (χ0) is 24.3. The minimum Gasteiger partial charge on any atom is -0.481 e. The van der Waals surface area contributed by atoms with Gasteiger partial charge in [0.1, 0.15) is 18.1 Å². The Labute approximate surface area is 184 Å². The molecule has 0 spiro atoms. The summed E-state index contributed by atoms with van der Waals surface area (Å²) in [5.41, 5.74) is 10.8. The number of carbonyl (C=O) groups is 6. The van der Waals surface area contributed by atoms with Crippen LogP contribution in [0.4, 0.5) is 0 Å². The van der Waals surface area contributed by atoms with Gasteiger partial charge in [-0.15, -0.1) is 0 Å². The average molecular weight is 464 g/mol. The molecule has 4 amide bonds. The Bertz CT molecular complexity index is 702. The molecule has 31 heavy (non-hydrogen) atoms. The van der Waals surface area contributed by atoms with Gasteiger partial charge in [0.05, 0.1) is 12.5 Å². The average Bonchev–Trinajstić information content (AvgIpc) is 2.66. The zero-order valence-corrected chi connectivity index (χ0v) is 18.1. The van der Waals surface area contributed by atoms with E-state index >= 15 is 0 Å². The number of nitrogens with one attached hydrogen (secondary N) is 3. The minimum absolute atomic E-state index is 0.256. The Balaban J connectivity index is 5.51. The molecule has 14 heteroatoms. The number of hydrogen-bond acceptors (Lipinski definition) is 8. The van der Waals surface area contributed by atoms with Crippen molar-refractivity contribution in [1.29, 1.82) is 0 Å². The van der Waals surface area contributed by atoms with Crippen molar-refractivity contribution >= 4 is 48.2 Å². The number of rotatable bonds is 14. The van der Waals surface area contributed by atoms with E-state index in [-0.39, 0.29) is 18.1 Å². The van der Waals surface area contributed by atoms with Crippen LogP contribution >= 0.6 is 12.6 Å². The van der Waals surface area contributed by atoms with Crippen molar-refractivity contribution in [2.24, 2.45) is 17.4 Å². The molecule has 0 bridgehead atoms. The van der Waals surface area contributed by atoms with E-state index in [0.717, 1.165) is 0 Å². The predicted molar refractivity (Wildman–Crippen MR) is 111 cm³/mol. The minimum atomic E-state index is -1.48. The van der Waals surface area contributed by atoms with Crippen molar-refractivity contribution in [2.45, 2.75) is 57.3 Å². The van der Waals surface area contributed by atoms with E-state index in [0.29, 0.717) is 0 Å². The van der Waals surface area contributed by atoms with Crippen LogP contribution in [0.25, 0.3) is 0 Å². The Morgan fingerprint density at radius 1 is 0.871 bits per heavy atom. The number of carboxylic acid groups (broad SMARTS) is 2. The zero-order valence-electron chi connectivity index (χ0n) is 17.2. The first kappa shape index (κ1) is 28.1. The molecule has 9 N–H and O–H groups in total. The normalized spacial score (nSPS) is 14.6. The predicted octanol–water partition coefficient (Wildman–Crippen LogP) is -2.82. The first-order valence-corrected chi connectivity index (χ1v) is 9.93. The van der Waals surface area contributed by atoms with Gasteiger partial charge in [0.15, 0.2) is 0 Å². The summed E-state index contributed by atoms with van der Waals surface area (Å²) in [5, 5.41) is 24.5. The second-order valence-electron chi connectivity index (χ2n) is 7.08. The molecule has 176 valence electrons. The number of primary amides is 1. The molecule has 4 atom stereocenters. The summed E-state index contributed by atoms with van der Waals surface area (Å²) in [4.78, 5) is 70.5. The standard InChI is InChI=1S/C17H29N5O8S/c1-7(2)13(19)16(28)21-9(5-11(18)23)15(27)20-8(3-4-12(24)25)14(26)22-10(6-31)17(29)30/h7-10,13,31H,3-6,19H2,1-2H3,(H2,18,23)(H,20,27)(H,21,28)(H,22,26)(H,24,25)(H,29,30). The Morgan fingerprint density at radius 2 is 1.35 bits per heavy atom. The lowest BCUT2D eigenvalue weighted by Crippen LogP contribution is -2.58. The molecule has 4 unspecified atom stereocenters. The summed E-state index contributed by atoms with van der Waals surface area (Å²) >= 11 is 3.81. The van der Waals surface area contributed by atoms with Gasteiger partial charge in [-0.05, 0) is 12.3 Å². The van der Waals surface area contributed by atoms with Gasteiger partial charge in [0, 0.05) is 12.2 Å². The van der Waals surface area contributed by atoms with Gasteiger partial charge in [0.25, 0.3) is 0 Å². The summed E-state index contributed by atoms with van der Waals surface area (Å²) in [6, 6.07) is -5.31. The van der Waals surface area contributed by atoms with Crippen LogP contribution in [-0.4, -0.2) is 75.7 Å². The van der Waals surface area contributed by atoms with Gasteiger partial charge in [-0.3, -0.25) is 24.0 Å². The highest BCUT2D eigenvalue weighted by Gasteiger charge is 2.31. The molecule has 0 heterocycles. The third kappa shape index (κ3) is 10.6. The van der Waals surface area contributed by atoms with Crippen molar-refractivity contribution in [3.8, 4) is 0 Å². The molecule has 0 radical (unpaired) electrons. The second kappa shape index (κ2) is 13.4. The van der Waals surface area contributed by atoms with Crippen molar-refractivity contribution in [3.63, 3.8) is 0 Å². The van der Waals surface area contributed by atoms with Crippen LogP contribution < -0.4 is 27.4 Å². The van der Waals surface area contributed by atoms with E-state index in [1.807, 2.05) is 0 Å². The fourth-order valence-corrected chi connectivity index (χ4v) is 2.50. The highest BCUT2D eigenvalue weighted by Crippen LogP contribution is 2.04. The van der Waals surface area contributed by atoms with Gasteiger partial charge in [-0.1, -0.05) is 13.8 Å². The summed E-state index contributed by atoms with van der Waals surface area (Å²) in [6.07, 6.45) is -1.51. The molecule has 0 rings (SSSR count). The number of amides is 4. The number of carboxylic acids is 2. The summed E-state index contributed by atoms with van der Waals surface area (Å²) < 4.78 is 0. The molecule has 0 aromatic heterocycles. The van der Waals surface area contributed by atoms with E-state index in [1.54, 1.807) is 13.8 Å². The van der Waals surface area contributed by atoms with E-state index in [4.69, 9.17) is 21.7 Å². The van der Waals surface area contributed by atoms with E-state index in [2.05, 4.69) is 28.6 Å². The fraction of sp³-hybridized carbons (Fsp3) is 0.647. The lowest BCUT2D eigenvalue weighted by molar-refractivity contribution is -0.142. The maximum Gasteiger partial charge on any atom is 0.327 e. The molecule has 0 aliphatic rings. The summed E-state index contributed by atoms with van der Waals surface area (Å²) in [5.74, 6) is -6.80. The molecule has 0 saturated heterocycles. The molecule has 0 aliphatic heterocycles. The van der Waals surface area contributed by atoms with Crippen LogP contribution in [0.15, 0.2) is 0 Å². The van der Waals surface area contributed by atoms with E-state index in [9.17, 15) is 28.8 Å². The van der Waals surface area contributed by atoms with Crippen LogP contribution in [0.3, 0.4) is 0 Å². The van der Waals surface area contributed by atoms with Crippen LogP contribution in [0.5, 0.6) is 0 Å². The maximum atomic E-state index is 12.6. The molecule has 0 aliphatic carbocycles. The summed E-state index contributed by atoms with van der Waals surface area (Å²) in [6.45, 7) is 3.33. The van der Waals surface area contributed by atoms with Crippen LogP contribution in [0, 0.1) is 5.92 Å². The molecule has 0 aromatic rings. The number of nitrogens with two attached hydrogens (primary N) is 2. The molecule has 0 saturated carbocycles. The number of thiol groups is 1. The van der Waals surface area contributed by atoms with Gasteiger partial charge in [-0.25, -0.2) is 4.79 Å². The van der Waals surface area contributed by atoms with Gasteiger partial charge < -0.3 is 37.6 Å². The molecule has 0 fully saturated rings. The fourth-order valence-electron chi connectivity index (χ4n) is 2.25. The highest BCUT2D eigenvalue weighted by molar-refractivity contribution is 7.80. The van der Waals surface area contributed by atoms with Crippen molar-refractivity contribution < 1.29 is 39.0 Å². The quantitative estimate of drug-likeness (QED) is 0.124. The van der Waals surface area contributed by atoms with Gasteiger partial charge in [0.2, 0.25) is 23.6 Å². The number of hydrogen-bond donors (Lipinski definition) is 8. The summed E-state index contributed by atoms with van der Waals surface area (Å²) in [7, 11) is 0. The monoisotopic (exact) mass is 463 g/mol. The highest BCUT2D eigenvalue weighted by atomic mass is 32.1. The molecular formula is C17H29N5O8S. The Kier molecular flexibility index (Phi) is 12.2. The van der Waals surface area contributed by atoms with Gasteiger partial charge in [-0.2, -0.15) is 12.6 Å². The maximum absolute atomic E-state index is 12.6. The smallest absolute Gasteiger partial charge is 0.327 e. The van der Waals surface area contributed by atoms with E-state index in [1.165, 1.54) is 0 Å². The van der Waals surface area contributed by atoms with Crippen LogP contribution in [-0.2, 0) is 28.8 Å². The van der Waals surface area contributed by atoms with Crippen LogP contribution in [0.1, 0.15) is 33.1 Å². The first-order chi connectivity index (χ1) is 14.3. The third-order valence-corrected chi connectivity index (χ3v) is 4.50. The van der Waals surface area contributed by atoms with Crippen LogP contribution in [0.2, 0.25) is 0 Å². The Morgan fingerprint density at radius 3 is 1.77 bits per heavy atom. The van der Waals surface area contributed by atoms with Crippen molar-refractivity contribution in [2.75, 3.05) is 5.75 Å². The Hall–Kier alpha value is -2.87. The molecular weight excluding hydrogens is 434 g/mol. The van der Waals surface area contributed by atoms with Crippen molar-refractivity contribution in [3.05, 3.63) is 0 Å². The lowest BCUT2D eigenvalue weighted by atomic mass is 10.0. The topological polar surface area (TPSA) is 231 Å².